The van der Waals surface area contributed by atoms with Crippen LogP contribution in [0.2, 0.25) is 0 Å². The molecule has 1 fully saturated rings. The van der Waals surface area contributed by atoms with Crippen LogP contribution in [0, 0.1) is 12.8 Å². The van der Waals surface area contributed by atoms with E-state index in [1.54, 1.807) is 0 Å². The summed E-state index contributed by atoms with van der Waals surface area (Å²) in [6.45, 7) is 7.52. The third-order valence-corrected chi connectivity index (χ3v) is 4.50. The topological polar surface area (TPSA) is 75.4 Å². The summed E-state index contributed by atoms with van der Waals surface area (Å²) in [4.78, 5) is 26.3. The number of carbonyl (C=O) groups excluding carboxylic acids is 2. The molecule has 1 saturated heterocycles. The Morgan fingerprint density at radius 2 is 1.79 bits per heavy atom. The molecule has 3 N–H and O–H groups in total. The zero-order valence-electron chi connectivity index (χ0n) is 14.9. The Morgan fingerprint density at radius 3 is 2.33 bits per heavy atom. The number of nitrogens with two attached hydrogens (primary N) is 1. The van der Waals surface area contributed by atoms with E-state index in [0.29, 0.717) is 25.4 Å². The normalized spacial score (nSPS) is 17.0. The van der Waals surface area contributed by atoms with Gasteiger partial charge in [-0.3, -0.25) is 9.59 Å². The van der Waals surface area contributed by atoms with Crippen LogP contribution in [0.3, 0.4) is 0 Å². The molecular weight excluding hydrogens is 302 g/mol. The number of nitrogens with zero attached hydrogens (tertiary/aromatic N) is 1. The van der Waals surface area contributed by atoms with E-state index in [9.17, 15) is 9.59 Å². The van der Waals surface area contributed by atoms with Crippen LogP contribution in [-0.4, -0.2) is 35.8 Å². The van der Waals surface area contributed by atoms with E-state index < -0.39 is 6.04 Å². The van der Waals surface area contributed by atoms with Gasteiger partial charge in [0, 0.05) is 25.6 Å². The Hall–Kier alpha value is -1.88. The van der Waals surface area contributed by atoms with Crippen molar-refractivity contribution in [1.82, 2.24) is 10.2 Å². The highest BCUT2D eigenvalue weighted by Gasteiger charge is 2.25. The standard InChI is InChI=1S/C19H29N3O2/c1-13(2)12-17(23)22-10-8-16(9-11-22)21-19(24)18(20)15-6-4-14(3)5-7-15/h4-7,13,16,18H,8-12,20H2,1-3H3,(H,21,24). The Bertz CT molecular complexity index is 560. The molecule has 5 heteroatoms. The predicted molar refractivity (Wildman–Crippen MR) is 95.3 cm³/mol. The van der Waals surface area contributed by atoms with Gasteiger partial charge in [0.15, 0.2) is 0 Å². The molecule has 1 heterocycles. The second-order valence-electron chi connectivity index (χ2n) is 7.15. The van der Waals surface area contributed by atoms with Crippen molar-refractivity contribution in [3.8, 4) is 0 Å². The van der Waals surface area contributed by atoms with Crippen molar-refractivity contribution in [1.29, 1.82) is 0 Å². The first kappa shape index (κ1) is 18.5. The number of nitrogens with one attached hydrogen (secondary N) is 1. The summed E-state index contributed by atoms with van der Waals surface area (Å²) in [6, 6.07) is 7.16. The summed E-state index contributed by atoms with van der Waals surface area (Å²) in [5.74, 6) is 0.444. The Balaban J connectivity index is 1.81. The zero-order chi connectivity index (χ0) is 17.7. The molecule has 0 spiro atoms. The molecule has 1 aliphatic rings. The predicted octanol–water partition coefficient (Wildman–Crippen LogP) is 2.15. The van der Waals surface area contributed by atoms with Crippen molar-refractivity contribution < 1.29 is 9.59 Å². The van der Waals surface area contributed by atoms with E-state index in [1.165, 1.54) is 0 Å². The van der Waals surface area contributed by atoms with Crippen LogP contribution >= 0.6 is 0 Å². The molecule has 1 atom stereocenters. The van der Waals surface area contributed by atoms with Crippen molar-refractivity contribution >= 4 is 11.8 Å². The monoisotopic (exact) mass is 331 g/mol. The molecule has 0 aromatic heterocycles. The smallest absolute Gasteiger partial charge is 0.241 e. The quantitative estimate of drug-likeness (QED) is 0.868. The summed E-state index contributed by atoms with van der Waals surface area (Å²) in [7, 11) is 0. The van der Waals surface area contributed by atoms with Crippen molar-refractivity contribution in [2.45, 2.75) is 52.1 Å². The number of benzene rings is 1. The van der Waals surface area contributed by atoms with E-state index >= 15 is 0 Å². The van der Waals surface area contributed by atoms with E-state index in [-0.39, 0.29) is 17.9 Å². The minimum absolute atomic E-state index is 0.0945. The van der Waals surface area contributed by atoms with E-state index in [4.69, 9.17) is 5.73 Å². The van der Waals surface area contributed by atoms with Crippen LogP contribution in [0.15, 0.2) is 24.3 Å². The average Bonchev–Trinajstić information content (AvgIpc) is 2.55. The van der Waals surface area contributed by atoms with Gasteiger partial charge in [-0.15, -0.1) is 0 Å². The van der Waals surface area contributed by atoms with Crippen molar-refractivity contribution in [3.63, 3.8) is 0 Å². The lowest BCUT2D eigenvalue weighted by Crippen LogP contribution is -2.48. The van der Waals surface area contributed by atoms with Gasteiger partial charge in [0.1, 0.15) is 6.04 Å². The van der Waals surface area contributed by atoms with Crippen LogP contribution in [0.5, 0.6) is 0 Å². The van der Waals surface area contributed by atoms with E-state index in [1.807, 2.05) is 36.1 Å². The lowest BCUT2D eigenvalue weighted by atomic mass is 10.0. The van der Waals surface area contributed by atoms with Gasteiger partial charge in [0.05, 0.1) is 0 Å². The summed E-state index contributed by atoms with van der Waals surface area (Å²) in [5, 5.41) is 3.03. The maximum Gasteiger partial charge on any atom is 0.241 e. The fraction of sp³-hybridized carbons (Fsp3) is 0.579. The van der Waals surface area contributed by atoms with Crippen LogP contribution in [-0.2, 0) is 9.59 Å². The number of carbonyl (C=O) groups is 2. The molecular formula is C19H29N3O2. The summed E-state index contributed by atoms with van der Waals surface area (Å²) in [5.41, 5.74) is 8.02. The minimum Gasteiger partial charge on any atom is -0.352 e. The molecule has 0 bridgehead atoms. The van der Waals surface area contributed by atoms with Gasteiger partial charge < -0.3 is 16.0 Å². The molecule has 5 nitrogen and oxygen atoms in total. The van der Waals surface area contributed by atoms with Crippen LogP contribution in [0.25, 0.3) is 0 Å². The summed E-state index contributed by atoms with van der Waals surface area (Å²) in [6.07, 6.45) is 2.17. The first-order chi connectivity index (χ1) is 11.4. The Kier molecular flexibility index (Phi) is 6.37. The van der Waals surface area contributed by atoms with E-state index in [0.717, 1.165) is 24.0 Å². The number of piperidine rings is 1. The second kappa shape index (κ2) is 8.29. The highest BCUT2D eigenvalue weighted by molar-refractivity contribution is 5.83. The van der Waals surface area contributed by atoms with Crippen LogP contribution in [0.4, 0.5) is 0 Å². The van der Waals surface area contributed by atoms with Gasteiger partial charge in [0.25, 0.3) is 0 Å². The van der Waals surface area contributed by atoms with Crippen molar-refractivity contribution in [2.24, 2.45) is 11.7 Å². The Morgan fingerprint density at radius 1 is 1.21 bits per heavy atom. The van der Waals surface area contributed by atoms with Crippen molar-refractivity contribution in [2.75, 3.05) is 13.1 Å². The molecule has 2 rings (SSSR count). The number of hydrogen-bond donors (Lipinski definition) is 2. The highest BCUT2D eigenvalue weighted by Crippen LogP contribution is 2.16. The lowest BCUT2D eigenvalue weighted by Gasteiger charge is -2.33. The van der Waals surface area contributed by atoms with Gasteiger partial charge in [-0.1, -0.05) is 43.7 Å². The first-order valence-electron chi connectivity index (χ1n) is 8.77. The van der Waals surface area contributed by atoms with E-state index in [2.05, 4.69) is 19.2 Å². The first-order valence-corrected chi connectivity index (χ1v) is 8.77. The fourth-order valence-corrected chi connectivity index (χ4v) is 2.97. The molecule has 1 aromatic carbocycles. The average molecular weight is 331 g/mol. The number of aryl methyl sites for hydroxylation is 1. The fourth-order valence-electron chi connectivity index (χ4n) is 2.97. The Labute approximate surface area is 144 Å². The summed E-state index contributed by atoms with van der Waals surface area (Å²) < 4.78 is 0. The molecule has 24 heavy (non-hydrogen) atoms. The molecule has 1 unspecified atom stereocenters. The number of rotatable bonds is 5. The zero-order valence-corrected chi connectivity index (χ0v) is 14.9. The maximum atomic E-state index is 12.3. The molecule has 132 valence electrons. The molecule has 1 aliphatic heterocycles. The molecule has 0 saturated carbocycles. The number of amides is 2. The molecule has 0 aliphatic carbocycles. The largest absolute Gasteiger partial charge is 0.352 e. The molecule has 1 aromatic rings. The van der Waals surface area contributed by atoms with Gasteiger partial charge in [-0.2, -0.15) is 0 Å². The minimum atomic E-state index is -0.647. The van der Waals surface area contributed by atoms with Gasteiger partial charge in [-0.25, -0.2) is 0 Å². The third-order valence-electron chi connectivity index (χ3n) is 4.50. The van der Waals surface area contributed by atoms with Gasteiger partial charge >= 0.3 is 0 Å². The molecule has 2 amide bonds. The van der Waals surface area contributed by atoms with Crippen LogP contribution in [0.1, 0.15) is 50.3 Å². The van der Waals surface area contributed by atoms with Gasteiger partial charge in [-0.05, 0) is 31.2 Å². The number of likely N-dealkylation sites (tertiary alicyclic amines) is 1. The third kappa shape index (κ3) is 5.06. The molecule has 0 radical (unpaired) electrons. The van der Waals surface area contributed by atoms with Crippen LogP contribution < -0.4 is 11.1 Å². The lowest BCUT2D eigenvalue weighted by molar-refractivity contribution is -0.133. The maximum absolute atomic E-state index is 12.3. The van der Waals surface area contributed by atoms with Gasteiger partial charge in [0.2, 0.25) is 11.8 Å². The summed E-state index contributed by atoms with van der Waals surface area (Å²) >= 11 is 0. The SMILES string of the molecule is Cc1ccc(C(N)C(=O)NC2CCN(C(=O)CC(C)C)CC2)cc1. The van der Waals surface area contributed by atoms with Crippen molar-refractivity contribution in [3.05, 3.63) is 35.4 Å². The highest BCUT2D eigenvalue weighted by atomic mass is 16.2. The number of hydrogen-bond acceptors (Lipinski definition) is 3. The second-order valence-corrected chi connectivity index (χ2v) is 7.15.